The summed E-state index contributed by atoms with van der Waals surface area (Å²) in [5.41, 5.74) is 2.63. The number of hydrogen-bond acceptors (Lipinski definition) is 9. The summed E-state index contributed by atoms with van der Waals surface area (Å²) in [6.45, 7) is 9.49. The Morgan fingerprint density at radius 2 is 1.35 bits per heavy atom. The molecule has 14 nitrogen and oxygen atoms in total. The molecule has 0 spiro atoms. The Kier molecular flexibility index (Phi) is 16.6. The minimum atomic E-state index is -1.52. The molecule has 0 aliphatic heterocycles. The zero-order chi connectivity index (χ0) is 40.7. The molecule has 0 heterocycles. The van der Waals surface area contributed by atoms with E-state index >= 15 is 0 Å². The van der Waals surface area contributed by atoms with Crippen molar-refractivity contribution in [2.45, 2.75) is 83.5 Å². The van der Waals surface area contributed by atoms with Gasteiger partial charge in [0.25, 0.3) is 6.20 Å². The number of hydrogen-bond donors (Lipinski definition) is 6. The number of para-hydroxylation sites is 1. The van der Waals surface area contributed by atoms with Gasteiger partial charge in [-0.3, -0.25) is 10.1 Å². The van der Waals surface area contributed by atoms with Crippen LogP contribution in [-0.2, 0) is 43.2 Å². The van der Waals surface area contributed by atoms with Crippen LogP contribution in [0.15, 0.2) is 90.9 Å². The van der Waals surface area contributed by atoms with Crippen LogP contribution >= 0.6 is 0 Å². The third-order valence-electron chi connectivity index (χ3n) is 8.15. The summed E-state index contributed by atoms with van der Waals surface area (Å²) in [6, 6.07) is 19.9. The van der Waals surface area contributed by atoms with Crippen molar-refractivity contribution in [1.82, 2.24) is 10.6 Å². The quantitative estimate of drug-likeness (QED) is 0.0478. The molecular formula is C40H50AsN5O9. The molecule has 55 heavy (non-hydrogen) atoms. The van der Waals surface area contributed by atoms with Crippen LogP contribution in [0.1, 0.15) is 64.2 Å². The van der Waals surface area contributed by atoms with E-state index in [2.05, 4.69) is 21.3 Å². The van der Waals surface area contributed by atoms with Crippen molar-refractivity contribution in [2.24, 2.45) is 11.3 Å². The first-order chi connectivity index (χ1) is 25.9. The van der Waals surface area contributed by atoms with Crippen LogP contribution in [0.5, 0.6) is 0 Å². The number of carbonyl (C=O) groups excluding carboxylic acids is 3. The van der Waals surface area contributed by atoms with Crippen LogP contribution in [0.3, 0.4) is 0 Å². The van der Waals surface area contributed by atoms with Crippen molar-refractivity contribution in [3.63, 3.8) is 0 Å². The molecule has 0 saturated carbocycles. The van der Waals surface area contributed by atoms with Crippen molar-refractivity contribution < 1.29 is 39.1 Å². The molecule has 0 aliphatic rings. The van der Waals surface area contributed by atoms with E-state index in [-0.39, 0.29) is 53.8 Å². The zero-order valence-corrected chi connectivity index (χ0v) is 33.7. The third kappa shape index (κ3) is 16.2. The predicted octanol–water partition coefficient (Wildman–Crippen LogP) is 4.99. The number of amides is 2. The summed E-state index contributed by atoms with van der Waals surface area (Å²) >= 11 is -1.52. The first kappa shape index (κ1) is 43.9. The predicted molar refractivity (Wildman–Crippen MR) is 211 cm³/mol. The molecule has 4 unspecified atom stereocenters. The Labute approximate surface area is 327 Å². The van der Waals surface area contributed by atoms with Gasteiger partial charge in [-0.05, 0) is 29.8 Å². The molecule has 0 aliphatic carbocycles. The molecule has 3 rings (SSSR count). The SMILES string of the molecule is CC(C)CC(NC(=O)Cc1ccc(NC(=C[N+](=O)[O-])Nc2ccccc2)cc1)C(=O)NC(Cc1ccccc1CC([AsH]C(=O)CC(C)(C)C)C(=O)O)C(=O)O. The number of benzene rings is 3. The van der Waals surface area contributed by atoms with Gasteiger partial charge < -0.3 is 10.6 Å². The Morgan fingerprint density at radius 3 is 1.87 bits per heavy atom. The van der Waals surface area contributed by atoms with E-state index in [1.54, 1.807) is 72.8 Å². The molecule has 294 valence electrons. The number of carboxylic acids is 2. The van der Waals surface area contributed by atoms with E-state index in [9.17, 15) is 44.3 Å². The van der Waals surface area contributed by atoms with Crippen molar-refractivity contribution >= 4 is 55.5 Å². The van der Waals surface area contributed by atoms with Crippen LogP contribution < -0.4 is 21.3 Å². The van der Waals surface area contributed by atoms with Gasteiger partial charge >= 0.3 is 219 Å². The van der Waals surface area contributed by atoms with Crippen LogP contribution in [-0.4, -0.2) is 71.3 Å². The number of nitrogens with one attached hydrogen (secondary N) is 4. The fourth-order valence-corrected chi connectivity index (χ4v) is 8.75. The van der Waals surface area contributed by atoms with E-state index in [1.807, 2.05) is 40.7 Å². The van der Waals surface area contributed by atoms with Crippen molar-refractivity contribution in [1.29, 1.82) is 0 Å². The summed E-state index contributed by atoms with van der Waals surface area (Å²) in [5.74, 6) is -3.43. The number of carbonyl (C=O) groups is 5. The Balaban J connectivity index is 1.68. The molecule has 0 saturated heterocycles. The van der Waals surface area contributed by atoms with Gasteiger partial charge in [-0.15, -0.1) is 0 Å². The fourth-order valence-electron chi connectivity index (χ4n) is 5.67. The van der Waals surface area contributed by atoms with Gasteiger partial charge in [0.15, 0.2) is 5.82 Å². The first-order valence-electron chi connectivity index (χ1n) is 17.8. The molecule has 3 aromatic carbocycles. The number of carboxylic acid groups (broad SMARTS) is 2. The summed E-state index contributed by atoms with van der Waals surface area (Å²) in [5, 5.41) is 42.5. The van der Waals surface area contributed by atoms with Gasteiger partial charge in [-0.1, -0.05) is 30.3 Å². The van der Waals surface area contributed by atoms with Crippen LogP contribution in [0.2, 0.25) is 4.71 Å². The van der Waals surface area contributed by atoms with Gasteiger partial charge in [0.2, 0.25) is 0 Å². The van der Waals surface area contributed by atoms with E-state index < -0.39 is 61.2 Å². The number of anilines is 2. The fraction of sp³-hybridized carbons (Fsp3) is 0.375. The van der Waals surface area contributed by atoms with Crippen molar-refractivity contribution in [3.8, 4) is 0 Å². The van der Waals surface area contributed by atoms with Crippen LogP contribution in [0.25, 0.3) is 0 Å². The monoisotopic (exact) mass is 819 g/mol. The van der Waals surface area contributed by atoms with Crippen molar-refractivity contribution in [3.05, 3.63) is 118 Å². The normalized spacial score (nSPS) is 13.5. The summed E-state index contributed by atoms with van der Waals surface area (Å²) < 4.78 is -0.930. The third-order valence-corrected chi connectivity index (χ3v) is 10.9. The second-order valence-corrected chi connectivity index (χ2v) is 18.1. The topological polar surface area (TPSA) is 217 Å². The molecular weight excluding hydrogens is 769 g/mol. The molecule has 6 N–H and O–H groups in total. The number of rotatable bonds is 21. The molecule has 15 heteroatoms. The molecule has 0 aromatic heterocycles. The Bertz CT molecular complexity index is 1840. The number of nitro groups is 1. The maximum atomic E-state index is 13.5. The van der Waals surface area contributed by atoms with Gasteiger partial charge in [0, 0.05) is 11.4 Å². The van der Waals surface area contributed by atoms with Gasteiger partial charge in [-0.25, -0.2) is 0 Å². The second kappa shape index (κ2) is 20.8. The van der Waals surface area contributed by atoms with Crippen LogP contribution in [0, 0.1) is 21.4 Å². The van der Waals surface area contributed by atoms with Gasteiger partial charge in [0.1, 0.15) is 0 Å². The molecule has 0 fully saturated rings. The summed E-state index contributed by atoms with van der Waals surface area (Å²) in [6.07, 6.45) is 1.15. The average molecular weight is 820 g/mol. The standard InChI is InChI=1S/C40H50AsN5O9/c1-25(2)19-32(44-36(48)20-26-15-17-30(18-16-26)43-35(24-46(54)55)42-29-13-7-6-8-14-29)37(49)45-33(39(52)53)22-28-12-10-9-11-27(28)21-31(38(50)51)41-34(47)23-40(3,4)5/h6-18,24-25,31-33,41-43H,19-23H2,1-5H3,(H,44,48)(H,45,49)(H,50,51)(H,52,53). The molecule has 4 atom stereocenters. The maximum absolute atomic E-state index is 13.5. The van der Waals surface area contributed by atoms with Gasteiger partial charge in [0.05, 0.1) is 4.92 Å². The van der Waals surface area contributed by atoms with Crippen molar-refractivity contribution in [2.75, 3.05) is 10.6 Å². The van der Waals surface area contributed by atoms with Crippen LogP contribution in [0.4, 0.5) is 11.4 Å². The second-order valence-electron chi connectivity index (χ2n) is 14.8. The first-order valence-corrected chi connectivity index (χ1v) is 20.1. The Morgan fingerprint density at radius 1 is 0.782 bits per heavy atom. The Hall–Kier alpha value is -5.49. The molecule has 0 radical (unpaired) electrons. The van der Waals surface area contributed by atoms with E-state index in [1.165, 1.54) is 0 Å². The van der Waals surface area contributed by atoms with E-state index in [0.717, 1.165) is 6.20 Å². The average Bonchev–Trinajstić information content (AvgIpc) is 3.08. The van der Waals surface area contributed by atoms with E-state index in [0.29, 0.717) is 28.1 Å². The number of nitrogens with zero attached hydrogens (tertiary/aromatic N) is 1. The minimum absolute atomic E-state index is 0.0333. The van der Waals surface area contributed by atoms with E-state index in [4.69, 9.17) is 0 Å². The molecule has 3 aromatic rings. The van der Waals surface area contributed by atoms with Gasteiger partial charge in [-0.2, -0.15) is 0 Å². The molecule has 2 amide bonds. The summed E-state index contributed by atoms with van der Waals surface area (Å²) in [7, 11) is 0. The zero-order valence-electron chi connectivity index (χ0n) is 31.6. The number of aliphatic carboxylic acids is 2. The molecule has 0 bridgehead atoms. The summed E-state index contributed by atoms with van der Waals surface area (Å²) in [4.78, 5) is 74.6.